The minimum atomic E-state index is -0.864. The Morgan fingerprint density at radius 3 is 2.75 bits per heavy atom. The van der Waals surface area contributed by atoms with Crippen molar-refractivity contribution in [2.75, 3.05) is 6.61 Å². The third kappa shape index (κ3) is 3.22. The summed E-state index contributed by atoms with van der Waals surface area (Å²) in [6, 6.07) is 0. The molecule has 1 atom stereocenters. The highest BCUT2D eigenvalue weighted by Crippen LogP contribution is 2.36. The molecule has 70 valence electrons. The molecule has 0 aromatic heterocycles. The van der Waals surface area contributed by atoms with Gasteiger partial charge in [0.1, 0.15) is 6.61 Å². The molecule has 1 unspecified atom stereocenters. The van der Waals surface area contributed by atoms with Crippen molar-refractivity contribution in [3.05, 3.63) is 0 Å². The van der Waals surface area contributed by atoms with Gasteiger partial charge in [0.2, 0.25) is 0 Å². The minimum Gasteiger partial charge on any atom is -0.480 e. The van der Waals surface area contributed by atoms with Gasteiger partial charge in [-0.05, 0) is 25.2 Å². The van der Waals surface area contributed by atoms with Crippen molar-refractivity contribution < 1.29 is 14.6 Å². The first kappa shape index (κ1) is 9.52. The highest BCUT2D eigenvalue weighted by molar-refractivity contribution is 5.68. The summed E-state index contributed by atoms with van der Waals surface area (Å²) in [5.41, 5.74) is 0. The van der Waals surface area contributed by atoms with Crippen molar-refractivity contribution in [1.29, 1.82) is 0 Å². The van der Waals surface area contributed by atoms with Gasteiger partial charge in [0.05, 0.1) is 6.10 Å². The minimum absolute atomic E-state index is 0.138. The van der Waals surface area contributed by atoms with E-state index in [0.717, 1.165) is 12.8 Å². The smallest absolute Gasteiger partial charge is 0.329 e. The van der Waals surface area contributed by atoms with Crippen LogP contribution in [0.1, 0.15) is 32.6 Å². The van der Waals surface area contributed by atoms with E-state index in [0.29, 0.717) is 5.92 Å². The number of carbonyl (C=O) groups is 1. The Morgan fingerprint density at radius 1 is 1.67 bits per heavy atom. The van der Waals surface area contributed by atoms with E-state index in [1.54, 1.807) is 0 Å². The largest absolute Gasteiger partial charge is 0.480 e. The van der Waals surface area contributed by atoms with Gasteiger partial charge in [-0.25, -0.2) is 4.79 Å². The monoisotopic (exact) mass is 172 g/mol. The molecule has 3 nitrogen and oxygen atoms in total. The lowest BCUT2D eigenvalue weighted by Gasteiger charge is -2.14. The molecule has 0 aromatic rings. The van der Waals surface area contributed by atoms with Crippen LogP contribution in [-0.4, -0.2) is 23.8 Å². The standard InChI is InChI=1S/C9H16O3/c1-2-3-8(7-4-5-7)12-6-9(10)11/h7-8H,2-6H2,1H3,(H,10,11). The van der Waals surface area contributed by atoms with Gasteiger partial charge in [-0.1, -0.05) is 13.3 Å². The summed E-state index contributed by atoms with van der Waals surface area (Å²) >= 11 is 0. The van der Waals surface area contributed by atoms with Gasteiger partial charge >= 0.3 is 5.97 Å². The molecule has 0 aromatic carbocycles. The summed E-state index contributed by atoms with van der Waals surface area (Å²) in [5, 5.41) is 8.41. The summed E-state index contributed by atoms with van der Waals surface area (Å²) in [4.78, 5) is 10.2. The number of carboxylic acid groups (broad SMARTS) is 1. The Hall–Kier alpha value is -0.570. The molecule has 0 heterocycles. The highest BCUT2D eigenvalue weighted by Gasteiger charge is 2.31. The molecule has 1 aliphatic carbocycles. The SMILES string of the molecule is CCCC(OCC(=O)O)C1CC1. The summed E-state index contributed by atoms with van der Waals surface area (Å²) < 4.78 is 5.27. The Balaban J connectivity index is 2.18. The maximum atomic E-state index is 10.2. The van der Waals surface area contributed by atoms with Crippen LogP contribution in [0.5, 0.6) is 0 Å². The molecule has 3 heteroatoms. The summed E-state index contributed by atoms with van der Waals surface area (Å²) in [6.45, 7) is 1.96. The topological polar surface area (TPSA) is 46.5 Å². The predicted molar refractivity (Wildman–Crippen MR) is 45.0 cm³/mol. The Bertz CT molecular complexity index is 152. The molecule has 1 N–H and O–H groups in total. The average Bonchev–Trinajstić information content (AvgIpc) is 2.79. The maximum absolute atomic E-state index is 10.2. The molecule has 0 radical (unpaired) electrons. The predicted octanol–water partition coefficient (Wildman–Crippen LogP) is 1.67. The average molecular weight is 172 g/mol. The number of carboxylic acids is 1. The zero-order valence-electron chi connectivity index (χ0n) is 7.45. The van der Waals surface area contributed by atoms with E-state index in [9.17, 15) is 4.79 Å². The Labute approximate surface area is 72.7 Å². The fourth-order valence-corrected chi connectivity index (χ4v) is 1.39. The molecule has 0 bridgehead atoms. The fraction of sp³-hybridized carbons (Fsp3) is 0.889. The third-order valence-electron chi connectivity index (χ3n) is 2.14. The van der Waals surface area contributed by atoms with Gasteiger partial charge in [0.25, 0.3) is 0 Å². The van der Waals surface area contributed by atoms with Crippen molar-refractivity contribution in [2.45, 2.75) is 38.7 Å². The van der Waals surface area contributed by atoms with Crippen LogP contribution in [0.3, 0.4) is 0 Å². The third-order valence-corrected chi connectivity index (χ3v) is 2.14. The second-order valence-corrected chi connectivity index (χ2v) is 3.37. The van der Waals surface area contributed by atoms with E-state index in [1.165, 1.54) is 12.8 Å². The first-order valence-corrected chi connectivity index (χ1v) is 4.57. The molecular weight excluding hydrogens is 156 g/mol. The van der Waals surface area contributed by atoms with Crippen LogP contribution in [0.2, 0.25) is 0 Å². The Kier molecular flexibility index (Phi) is 3.53. The highest BCUT2D eigenvalue weighted by atomic mass is 16.5. The van der Waals surface area contributed by atoms with Crippen LogP contribution in [0.25, 0.3) is 0 Å². The van der Waals surface area contributed by atoms with Crippen molar-refractivity contribution in [3.8, 4) is 0 Å². The number of aliphatic carboxylic acids is 1. The molecule has 0 saturated heterocycles. The molecule has 0 aliphatic heterocycles. The van der Waals surface area contributed by atoms with Crippen molar-refractivity contribution in [3.63, 3.8) is 0 Å². The van der Waals surface area contributed by atoms with E-state index in [-0.39, 0.29) is 12.7 Å². The lowest BCUT2D eigenvalue weighted by Crippen LogP contribution is -2.19. The zero-order valence-corrected chi connectivity index (χ0v) is 7.45. The van der Waals surface area contributed by atoms with Gasteiger partial charge in [-0.3, -0.25) is 0 Å². The second kappa shape index (κ2) is 4.45. The molecule has 1 rings (SSSR count). The van der Waals surface area contributed by atoms with Gasteiger partial charge in [-0.15, -0.1) is 0 Å². The lowest BCUT2D eigenvalue weighted by molar-refractivity contribution is -0.145. The quantitative estimate of drug-likeness (QED) is 0.662. The summed E-state index contributed by atoms with van der Waals surface area (Å²) in [7, 11) is 0. The van der Waals surface area contributed by atoms with E-state index in [2.05, 4.69) is 6.92 Å². The normalized spacial score (nSPS) is 19.1. The van der Waals surface area contributed by atoms with Crippen molar-refractivity contribution in [1.82, 2.24) is 0 Å². The molecule has 12 heavy (non-hydrogen) atoms. The number of hydrogen-bond acceptors (Lipinski definition) is 2. The molecule has 1 fully saturated rings. The molecule has 1 aliphatic rings. The van der Waals surface area contributed by atoms with E-state index >= 15 is 0 Å². The van der Waals surface area contributed by atoms with Gasteiger partial charge < -0.3 is 9.84 Å². The van der Waals surface area contributed by atoms with E-state index in [4.69, 9.17) is 9.84 Å². The van der Waals surface area contributed by atoms with Crippen molar-refractivity contribution in [2.24, 2.45) is 5.92 Å². The first-order valence-electron chi connectivity index (χ1n) is 4.57. The van der Waals surface area contributed by atoms with Crippen LogP contribution in [0, 0.1) is 5.92 Å². The van der Waals surface area contributed by atoms with E-state index < -0.39 is 5.97 Å². The van der Waals surface area contributed by atoms with Crippen LogP contribution in [0.15, 0.2) is 0 Å². The van der Waals surface area contributed by atoms with Crippen LogP contribution in [-0.2, 0) is 9.53 Å². The summed E-state index contributed by atoms with van der Waals surface area (Å²) in [6.07, 6.45) is 4.69. The van der Waals surface area contributed by atoms with Crippen molar-refractivity contribution >= 4 is 5.97 Å². The van der Waals surface area contributed by atoms with Crippen LogP contribution < -0.4 is 0 Å². The zero-order chi connectivity index (χ0) is 8.97. The number of hydrogen-bond donors (Lipinski definition) is 1. The first-order chi connectivity index (χ1) is 5.74. The number of rotatable bonds is 6. The summed E-state index contributed by atoms with van der Waals surface area (Å²) in [5.74, 6) is -0.221. The second-order valence-electron chi connectivity index (χ2n) is 3.37. The molecular formula is C9H16O3. The molecule has 1 saturated carbocycles. The Morgan fingerprint density at radius 2 is 2.33 bits per heavy atom. The van der Waals surface area contributed by atoms with E-state index in [1.807, 2.05) is 0 Å². The van der Waals surface area contributed by atoms with Gasteiger partial charge in [-0.2, -0.15) is 0 Å². The lowest BCUT2D eigenvalue weighted by atomic mass is 10.1. The van der Waals surface area contributed by atoms with Gasteiger partial charge in [0.15, 0.2) is 0 Å². The molecule has 0 spiro atoms. The molecule has 0 amide bonds. The number of ether oxygens (including phenoxy) is 1. The van der Waals surface area contributed by atoms with Crippen LogP contribution in [0.4, 0.5) is 0 Å². The fourth-order valence-electron chi connectivity index (χ4n) is 1.39. The van der Waals surface area contributed by atoms with Crippen LogP contribution >= 0.6 is 0 Å². The van der Waals surface area contributed by atoms with Gasteiger partial charge in [0, 0.05) is 0 Å². The maximum Gasteiger partial charge on any atom is 0.329 e.